The van der Waals surface area contributed by atoms with Gasteiger partial charge in [0.15, 0.2) is 11.1 Å². The Kier molecular flexibility index (Phi) is 6.40. The molecular formula is C23H21Cl2N7OS. The summed E-state index contributed by atoms with van der Waals surface area (Å²) >= 11 is 13.6. The van der Waals surface area contributed by atoms with Crippen LogP contribution >= 0.6 is 34.5 Å². The maximum Gasteiger partial charge on any atom is 0.229 e. The summed E-state index contributed by atoms with van der Waals surface area (Å²) in [5, 5.41) is 18.9. The molecule has 0 saturated carbocycles. The van der Waals surface area contributed by atoms with E-state index in [-0.39, 0.29) is 12.0 Å². The molecule has 11 heteroatoms. The van der Waals surface area contributed by atoms with Crippen molar-refractivity contribution in [1.82, 2.24) is 20.0 Å². The number of guanidine groups is 1. The second-order valence-corrected chi connectivity index (χ2v) is 9.63. The highest BCUT2D eigenvalue weighted by Crippen LogP contribution is 2.32. The van der Waals surface area contributed by atoms with Crippen LogP contribution in [0.5, 0.6) is 0 Å². The van der Waals surface area contributed by atoms with Crippen LogP contribution in [0.3, 0.4) is 0 Å². The lowest BCUT2D eigenvalue weighted by Crippen LogP contribution is -2.41. The van der Waals surface area contributed by atoms with Crippen LogP contribution in [0.25, 0.3) is 22.6 Å². The number of nitrogens with one attached hydrogen (secondary N) is 2. The molecule has 0 radical (unpaired) electrons. The van der Waals surface area contributed by atoms with Crippen molar-refractivity contribution in [3.63, 3.8) is 0 Å². The minimum Gasteiger partial charge on any atom is -0.370 e. The molecule has 1 aliphatic rings. The zero-order valence-electron chi connectivity index (χ0n) is 18.0. The lowest BCUT2D eigenvalue weighted by molar-refractivity contribution is 0.320. The van der Waals surface area contributed by atoms with Crippen molar-refractivity contribution in [2.75, 3.05) is 11.9 Å². The second kappa shape index (κ2) is 9.61. The van der Waals surface area contributed by atoms with Crippen LogP contribution in [0.2, 0.25) is 10.0 Å². The van der Waals surface area contributed by atoms with Gasteiger partial charge in [-0.2, -0.15) is 4.98 Å². The Morgan fingerprint density at radius 3 is 2.71 bits per heavy atom. The highest BCUT2D eigenvalue weighted by molar-refractivity contribution is 7.14. The molecule has 2 aromatic carbocycles. The molecule has 34 heavy (non-hydrogen) atoms. The van der Waals surface area contributed by atoms with E-state index in [0.29, 0.717) is 28.2 Å². The number of halogens is 2. The van der Waals surface area contributed by atoms with Crippen molar-refractivity contribution in [3.05, 3.63) is 63.8 Å². The Morgan fingerprint density at radius 1 is 1.15 bits per heavy atom. The van der Waals surface area contributed by atoms with E-state index in [1.54, 1.807) is 12.1 Å². The molecule has 1 fully saturated rings. The smallest absolute Gasteiger partial charge is 0.229 e. The third-order valence-electron chi connectivity index (χ3n) is 5.68. The van der Waals surface area contributed by atoms with Gasteiger partial charge in [-0.3, -0.25) is 5.41 Å². The van der Waals surface area contributed by atoms with Gasteiger partial charge in [0, 0.05) is 41.2 Å². The maximum absolute atomic E-state index is 7.71. The number of rotatable bonds is 6. The van der Waals surface area contributed by atoms with Crippen LogP contribution in [0, 0.1) is 5.41 Å². The standard InChI is InChI=1S/C23H21Cl2N7OS/c24-17-8-5-14(10-18(17)25)19-12-34-23(29-19)28-15-6-3-13(4-7-15)21-30-20(33-31-21)11-16-2-1-9-32(16)22(26)27/h3-8,10,12,16H,1-2,9,11H2,(H3,26,27)(H,28,29)/t16-/m0/s1. The maximum atomic E-state index is 7.71. The Labute approximate surface area is 210 Å². The van der Waals surface area contributed by atoms with E-state index in [1.807, 2.05) is 40.6 Å². The quantitative estimate of drug-likeness (QED) is 0.220. The number of likely N-dealkylation sites (tertiary alicyclic amines) is 1. The fourth-order valence-electron chi connectivity index (χ4n) is 3.97. The van der Waals surface area contributed by atoms with E-state index >= 15 is 0 Å². The van der Waals surface area contributed by atoms with E-state index in [2.05, 4.69) is 20.4 Å². The Morgan fingerprint density at radius 2 is 1.94 bits per heavy atom. The molecule has 0 aliphatic carbocycles. The Balaban J connectivity index is 1.24. The average molecular weight is 514 g/mol. The van der Waals surface area contributed by atoms with Gasteiger partial charge >= 0.3 is 0 Å². The fraction of sp³-hybridized carbons (Fsp3) is 0.217. The highest BCUT2D eigenvalue weighted by Gasteiger charge is 2.27. The van der Waals surface area contributed by atoms with E-state index < -0.39 is 0 Å². The summed E-state index contributed by atoms with van der Waals surface area (Å²) in [6.07, 6.45) is 2.55. The van der Waals surface area contributed by atoms with Gasteiger partial charge in [0.25, 0.3) is 0 Å². The number of hydrogen-bond donors (Lipinski definition) is 3. The molecule has 3 heterocycles. The molecule has 5 rings (SSSR count). The number of thiazole rings is 1. The molecular weight excluding hydrogens is 493 g/mol. The molecule has 0 spiro atoms. The summed E-state index contributed by atoms with van der Waals surface area (Å²) in [4.78, 5) is 11.1. The second-order valence-electron chi connectivity index (χ2n) is 7.96. The monoisotopic (exact) mass is 513 g/mol. The lowest BCUT2D eigenvalue weighted by atomic mass is 10.1. The molecule has 1 atom stereocenters. The Bertz CT molecular complexity index is 1320. The normalized spacial score (nSPS) is 15.6. The van der Waals surface area contributed by atoms with Gasteiger partial charge in [0.05, 0.1) is 15.7 Å². The van der Waals surface area contributed by atoms with Gasteiger partial charge in [-0.25, -0.2) is 4.98 Å². The molecule has 1 saturated heterocycles. The number of aromatic nitrogens is 3. The minimum atomic E-state index is 0.0923. The zero-order valence-corrected chi connectivity index (χ0v) is 20.3. The molecule has 0 bridgehead atoms. The van der Waals surface area contributed by atoms with E-state index in [0.717, 1.165) is 47.0 Å². The number of hydrogen-bond acceptors (Lipinski definition) is 7. The van der Waals surface area contributed by atoms with Crippen molar-refractivity contribution < 1.29 is 4.52 Å². The summed E-state index contributed by atoms with van der Waals surface area (Å²) in [6, 6.07) is 13.3. The number of anilines is 2. The van der Waals surface area contributed by atoms with Crippen molar-refractivity contribution in [2.24, 2.45) is 5.73 Å². The van der Waals surface area contributed by atoms with Crippen LogP contribution in [0.15, 0.2) is 52.4 Å². The van der Waals surface area contributed by atoms with Crippen LogP contribution in [0.4, 0.5) is 10.8 Å². The molecule has 0 amide bonds. The first-order valence-corrected chi connectivity index (χ1v) is 12.3. The minimum absolute atomic E-state index is 0.0923. The zero-order chi connectivity index (χ0) is 23.7. The predicted octanol–water partition coefficient (Wildman–Crippen LogP) is 5.81. The molecule has 0 unspecified atom stereocenters. The van der Waals surface area contributed by atoms with E-state index in [9.17, 15) is 0 Å². The van der Waals surface area contributed by atoms with Crippen molar-refractivity contribution in [3.8, 4) is 22.6 Å². The number of benzene rings is 2. The SMILES string of the molecule is N=C(N)N1CCC[C@H]1Cc1nc(-c2ccc(Nc3nc(-c4ccc(Cl)c(Cl)c4)cs3)cc2)no1. The van der Waals surface area contributed by atoms with Crippen molar-refractivity contribution in [1.29, 1.82) is 5.41 Å². The van der Waals surface area contributed by atoms with Gasteiger partial charge in [0.2, 0.25) is 11.7 Å². The molecule has 174 valence electrons. The summed E-state index contributed by atoms with van der Waals surface area (Å²) in [7, 11) is 0. The topological polar surface area (TPSA) is 117 Å². The van der Waals surface area contributed by atoms with Gasteiger partial charge in [-0.05, 0) is 49.2 Å². The van der Waals surface area contributed by atoms with Gasteiger partial charge in [0.1, 0.15) is 0 Å². The summed E-state index contributed by atoms with van der Waals surface area (Å²) in [6.45, 7) is 0.795. The fourth-order valence-corrected chi connectivity index (χ4v) is 5.00. The molecule has 4 N–H and O–H groups in total. The summed E-state index contributed by atoms with van der Waals surface area (Å²) in [5.41, 5.74) is 9.15. The number of nitrogens with two attached hydrogens (primary N) is 1. The van der Waals surface area contributed by atoms with Gasteiger partial charge < -0.3 is 20.5 Å². The molecule has 8 nitrogen and oxygen atoms in total. The van der Waals surface area contributed by atoms with Crippen LogP contribution in [0.1, 0.15) is 18.7 Å². The van der Waals surface area contributed by atoms with Crippen molar-refractivity contribution >= 4 is 51.3 Å². The van der Waals surface area contributed by atoms with Crippen molar-refractivity contribution in [2.45, 2.75) is 25.3 Å². The lowest BCUT2D eigenvalue weighted by Gasteiger charge is -2.23. The molecule has 2 aromatic heterocycles. The van der Waals surface area contributed by atoms with Crippen LogP contribution in [-0.2, 0) is 6.42 Å². The Hall–Kier alpha value is -3.14. The summed E-state index contributed by atoms with van der Waals surface area (Å²) in [5.74, 6) is 1.17. The predicted molar refractivity (Wildman–Crippen MR) is 136 cm³/mol. The largest absolute Gasteiger partial charge is 0.370 e. The molecule has 4 aromatic rings. The van der Waals surface area contributed by atoms with E-state index in [1.165, 1.54) is 11.3 Å². The summed E-state index contributed by atoms with van der Waals surface area (Å²) < 4.78 is 5.45. The third kappa shape index (κ3) is 4.86. The first kappa shape index (κ1) is 22.6. The number of nitrogens with zero attached hydrogens (tertiary/aromatic N) is 4. The first-order valence-electron chi connectivity index (χ1n) is 10.7. The van der Waals surface area contributed by atoms with Crippen LogP contribution < -0.4 is 11.1 Å². The van der Waals surface area contributed by atoms with E-state index in [4.69, 9.17) is 38.9 Å². The third-order valence-corrected chi connectivity index (χ3v) is 7.18. The first-order chi connectivity index (χ1) is 16.5. The molecule has 1 aliphatic heterocycles. The highest BCUT2D eigenvalue weighted by atomic mass is 35.5. The van der Waals surface area contributed by atoms with Gasteiger partial charge in [-0.1, -0.05) is 34.4 Å². The van der Waals surface area contributed by atoms with Crippen LogP contribution in [-0.4, -0.2) is 38.6 Å². The van der Waals surface area contributed by atoms with Gasteiger partial charge in [-0.15, -0.1) is 11.3 Å². The average Bonchev–Trinajstić information content (AvgIpc) is 3.58.